The second-order valence-electron chi connectivity index (χ2n) is 4.78. The smallest absolute Gasteiger partial charge is 0.277 e. The molecule has 6 heteroatoms. The second kappa shape index (κ2) is 5.66. The molecule has 0 unspecified atom stereocenters. The Bertz CT molecular complexity index is 595. The van der Waals surface area contributed by atoms with Gasteiger partial charge in [0.15, 0.2) is 0 Å². The van der Waals surface area contributed by atoms with Crippen molar-refractivity contribution in [1.29, 1.82) is 0 Å². The highest BCUT2D eigenvalue weighted by molar-refractivity contribution is 8.00. The summed E-state index contributed by atoms with van der Waals surface area (Å²) in [5.41, 5.74) is 0.877. The van der Waals surface area contributed by atoms with Crippen LogP contribution in [0.1, 0.15) is 19.8 Å². The molecule has 0 spiro atoms. The minimum atomic E-state index is -0.236. The largest absolute Gasteiger partial charge is 0.411 e. The van der Waals surface area contributed by atoms with E-state index in [1.165, 1.54) is 11.8 Å². The number of hydrogen-bond donors (Lipinski definition) is 1. The molecule has 0 saturated heterocycles. The van der Waals surface area contributed by atoms with E-state index < -0.39 is 0 Å². The molecule has 1 aliphatic rings. The highest BCUT2D eigenvalue weighted by Crippen LogP contribution is 2.27. The number of benzene rings is 1. The summed E-state index contributed by atoms with van der Waals surface area (Å²) in [7, 11) is 0. The van der Waals surface area contributed by atoms with E-state index >= 15 is 0 Å². The lowest BCUT2D eigenvalue weighted by atomic mass is 10.2. The molecule has 1 saturated carbocycles. The van der Waals surface area contributed by atoms with E-state index in [2.05, 4.69) is 15.5 Å². The van der Waals surface area contributed by atoms with Crippen LogP contribution in [0.2, 0.25) is 0 Å². The molecule has 1 heterocycles. The number of nitrogens with one attached hydrogen (secondary N) is 1. The zero-order valence-corrected chi connectivity index (χ0v) is 11.9. The Morgan fingerprint density at radius 3 is 2.80 bits per heavy atom. The van der Waals surface area contributed by atoms with Crippen LogP contribution in [0.4, 0.5) is 0 Å². The molecule has 0 radical (unpaired) electrons. The Kier molecular flexibility index (Phi) is 3.73. The van der Waals surface area contributed by atoms with Crippen LogP contribution < -0.4 is 5.32 Å². The molecule has 1 N–H and O–H groups in total. The van der Waals surface area contributed by atoms with Crippen molar-refractivity contribution in [1.82, 2.24) is 15.5 Å². The molecule has 1 atom stereocenters. The quantitative estimate of drug-likeness (QED) is 0.857. The predicted octanol–water partition coefficient (Wildman–Crippen LogP) is 2.50. The Balaban J connectivity index is 1.63. The van der Waals surface area contributed by atoms with E-state index in [0.29, 0.717) is 17.2 Å². The van der Waals surface area contributed by atoms with Gasteiger partial charge in [0.05, 0.1) is 5.25 Å². The van der Waals surface area contributed by atoms with Crippen LogP contribution in [0.25, 0.3) is 11.5 Å². The topological polar surface area (TPSA) is 68.0 Å². The van der Waals surface area contributed by atoms with E-state index in [-0.39, 0.29) is 11.2 Å². The molecular formula is C14H15N3O2S. The van der Waals surface area contributed by atoms with Crippen LogP contribution >= 0.6 is 11.8 Å². The lowest BCUT2D eigenvalue weighted by Gasteiger charge is -2.08. The van der Waals surface area contributed by atoms with Crippen molar-refractivity contribution in [3.8, 4) is 11.5 Å². The number of rotatable bonds is 5. The third kappa shape index (κ3) is 3.19. The van der Waals surface area contributed by atoms with Gasteiger partial charge in [-0.25, -0.2) is 0 Å². The molecule has 1 aliphatic carbocycles. The number of carbonyl (C=O) groups excluding carboxylic acids is 1. The molecule has 0 aliphatic heterocycles. The molecule has 104 valence electrons. The average molecular weight is 289 g/mol. The molecule has 1 aromatic carbocycles. The number of amides is 1. The van der Waals surface area contributed by atoms with Crippen LogP contribution in [-0.2, 0) is 4.79 Å². The monoisotopic (exact) mass is 289 g/mol. The van der Waals surface area contributed by atoms with Gasteiger partial charge < -0.3 is 9.73 Å². The minimum absolute atomic E-state index is 0.0250. The summed E-state index contributed by atoms with van der Waals surface area (Å²) in [6, 6.07) is 9.94. The molecular weight excluding hydrogens is 274 g/mol. The predicted molar refractivity (Wildman–Crippen MR) is 76.2 cm³/mol. The summed E-state index contributed by atoms with van der Waals surface area (Å²) in [5, 5.41) is 11.1. The van der Waals surface area contributed by atoms with Crippen LogP contribution in [0.3, 0.4) is 0 Å². The number of nitrogens with zero attached hydrogens (tertiary/aromatic N) is 2. The van der Waals surface area contributed by atoms with Crippen molar-refractivity contribution < 1.29 is 9.21 Å². The Hall–Kier alpha value is -1.82. The number of carbonyl (C=O) groups is 1. The molecule has 2 aromatic rings. The molecule has 1 amide bonds. The molecule has 20 heavy (non-hydrogen) atoms. The van der Waals surface area contributed by atoms with Gasteiger partial charge in [0, 0.05) is 11.6 Å². The summed E-state index contributed by atoms with van der Waals surface area (Å²) in [4.78, 5) is 11.9. The van der Waals surface area contributed by atoms with Crippen molar-refractivity contribution in [3.05, 3.63) is 30.3 Å². The average Bonchev–Trinajstić information content (AvgIpc) is 3.16. The Morgan fingerprint density at radius 1 is 1.35 bits per heavy atom. The van der Waals surface area contributed by atoms with Crippen LogP contribution in [0, 0.1) is 0 Å². The van der Waals surface area contributed by atoms with Gasteiger partial charge in [-0.05, 0) is 31.9 Å². The fourth-order valence-electron chi connectivity index (χ4n) is 1.71. The van der Waals surface area contributed by atoms with Crippen LogP contribution in [0.5, 0.6) is 0 Å². The van der Waals surface area contributed by atoms with Gasteiger partial charge in [0.1, 0.15) is 0 Å². The standard InChI is InChI=1S/C14H15N3O2S/c1-9(12(18)15-11-7-8-11)20-14-17-16-13(19-14)10-5-3-2-4-6-10/h2-6,9,11H,7-8H2,1H3,(H,15,18)/t9-/m1/s1. The summed E-state index contributed by atoms with van der Waals surface area (Å²) in [6.45, 7) is 1.84. The molecule has 0 bridgehead atoms. The zero-order chi connectivity index (χ0) is 13.9. The molecule has 5 nitrogen and oxygen atoms in total. The third-order valence-corrected chi connectivity index (χ3v) is 3.93. The first-order valence-corrected chi connectivity index (χ1v) is 7.46. The van der Waals surface area contributed by atoms with Gasteiger partial charge in [0.2, 0.25) is 11.8 Å². The zero-order valence-electron chi connectivity index (χ0n) is 11.1. The van der Waals surface area contributed by atoms with E-state index in [4.69, 9.17) is 4.42 Å². The van der Waals surface area contributed by atoms with Gasteiger partial charge in [-0.1, -0.05) is 30.0 Å². The van der Waals surface area contributed by atoms with Crippen LogP contribution in [0.15, 0.2) is 40.0 Å². The van der Waals surface area contributed by atoms with E-state index in [9.17, 15) is 4.79 Å². The van der Waals surface area contributed by atoms with Gasteiger partial charge in [-0.3, -0.25) is 4.79 Å². The highest BCUT2D eigenvalue weighted by Gasteiger charge is 2.26. The summed E-state index contributed by atoms with van der Waals surface area (Å²) in [5.74, 6) is 0.500. The van der Waals surface area contributed by atoms with Crippen LogP contribution in [-0.4, -0.2) is 27.4 Å². The maximum Gasteiger partial charge on any atom is 0.277 e. The van der Waals surface area contributed by atoms with Gasteiger partial charge in [0.25, 0.3) is 5.22 Å². The normalized spacial score (nSPS) is 15.8. The maximum atomic E-state index is 11.9. The fourth-order valence-corrected chi connectivity index (χ4v) is 2.40. The first-order valence-electron chi connectivity index (χ1n) is 6.58. The summed E-state index contributed by atoms with van der Waals surface area (Å²) < 4.78 is 5.57. The first kappa shape index (κ1) is 13.2. The number of hydrogen-bond acceptors (Lipinski definition) is 5. The lowest BCUT2D eigenvalue weighted by molar-refractivity contribution is -0.120. The molecule has 1 fully saturated rings. The SMILES string of the molecule is C[C@@H](Sc1nnc(-c2ccccc2)o1)C(=O)NC1CC1. The van der Waals surface area contributed by atoms with E-state index in [1.807, 2.05) is 37.3 Å². The Labute approximate surface area is 121 Å². The van der Waals surface area contributed by atoms with Crippen molar-refractivity contribution in [2.24, 2.45) is 0 Å². The highest BCUT2D eigenvalue weighted by atomic mass is 32.2. The van der Waals surface area contributed by atoms with Gasteiger partial charge >= 0.3 is 0 Å². The van der Waals surface area contributed by atoms with E-state index in [1.54, 1.807) is 0 Å². The number of thioether (sulfide) groups is 1. The van der Waals surface area contributed by atoms with Crippen molar-refractivity contribution in [2.75, 3.05) is 0 Å². The summed E-state index contributed by atoms with van der Waals surface area (Å²) >= 11 is 1.28. The lowest BCUT2D eigenvalue weighted by Crippen LogP contribution is -2.32. The maximum absolute atomic E-state index is 11.9. The second-order valence-corrected chi connectivity index (χ2v) is 6.07. The van der Waals surface area contributed by atoms with Crippen molar-refractivity contribution in [3.63, 3.8) is 0 Å². The third-order valence-electron chi connectivity index (χ3n) is 3.00. The minimum Gasteiger partial charge on any atom is -0.411 e. The van der Waals surface area contributed by atoms with Crippen molar-refractivity contribution >= 4 is 17.7 Å². The number of aromatic nitrogens is 2. The van der Waals surface area contributed by atoms with E-state index in [0.717, 1.165) is 18.4 Å². The molecule has 1 aromatic heterocycles. The van der Waals surface area contributed by atoms with Gasteiger partial charge in [-0.2, -0.15) is 0 Å². The molecule has 3 rings (SSSR count). The summed E-state index contributed by atoms with van der Waals surface area (Å²) in [6.07, 6.45) is 2.17. The fraction of sp³-hybridized carbons (Fsp3) is 0.357. The Morgan fingerprint density at radius 2 is 2.10 bits per heavy atom. The van der Waals surface area contributed by atoms with Gasteiger partial charge in [-0.15, -0.1) is 10.2 Å². The first-order chi connectivity index (χ1) is 9.72. The van der Waals surface area contributed by atoms with Crippen molar-refractivity contribution in [2.45, 2.75) is 36.3 Å².